The number of hydrogen-bond acceptors (Lipinski definition) is 3. The maximum absolute atomic E-state index is 11.6. The number of amides is 1. The molecule has 0 saturated heterocycles. The van der Waals surface area contributed by atoms with Crippen molar-refractivity contribution in [2.75, 3.05) is 13.1 Å². The molecule has 0 aliphatic heterocycles. The van der Waals surface area contributed by atoms with E-state index in [1.165, 1.54) is 0 Å². The molecule has 0 fully saturated rings. The predicted octanol–water partition coefficient (Wildman–Crippen LogP) is 1.20. The van der Waals surface area contributed by atoms with E-state index in [0.29, 0.717) is 18.7 Å². The second kappa shape index (κ2) is 6.37. The number of rotatable bonds is 5. The average molecular weight is 228 g/mol. The highest BCUT2D eigenvalue weighted by molar-refractivity contribution is 6.32. The highest BCUT2D eigenvalue weighted by Gasteiger charge is 2.08. The van der Waals surface area contributed by atoms with Crippen LogP contribution in [0.15, 0.2) is 18.3 Å². The lowest BCUT2D eigenvalue weighted by atomic mass is 10.2. The minimum absolute atomic E-state index is 0.190. The summed E-state index contributed by atoms with van der Waals surface area (Å²) in [5.74, 6) is -0.190. The Morgan fingerprint density at radius 3 is 3.00 bits per heavy atom. The Hall–Kier alpha value is -1.13. The first kappa shape index (κ1) is 11.9. The SMILES string of the molecule is NCCCCNC(=O)c1cccnc1Cl. The van der Waals surface area contributed by atoms with Gasteiger partial charge in [-0.1, -0.05) is 11.6 Å². The van der Waals surface area contributed by atoms with Gasteiger partial charge in [0.25, 0.3) is 5.91 Å². The fourth-order valence-electron chi connectivity index (χ4n) is 1.12. The molecule has 4 nitrogen and oxygen atoms in total. The zero-order valence-corrected chi connectivity index (χ0v) is 9.13. The fourth-order valence-corrected chi connectivity index (χ4v) is 1.33. The van der Waals surface area contributed by atoms with Crippen molar-refractivity contribution in [1.82, 2.24) is 10.3 Å². The van der Waals surface area contributed by atoms with Crippen molar-refractivity contribution in [2.45, 2.75) is 12.8 Å². The number of nitrogens with zero attached hydrogens (tertiary/aromatic N) is 1. The molecule has 0 bridgehead atoms. The van der Waals surface area contributed by atoms with E-state index >= 15 is 0 Å². The molecular weight excluding hydrogens is 214 g/mol. The lowest BCUT2D eigenvalue weighted by molar-refractivity contribution is 0.0953. The first-order valence-corrected chi connectivity index (χ1v) is 5.22. The van der Waals surface area contributed by atoms with Crippen molar-refractivity contribution in [3.8, 4) is 0 Å². The third-order valence-electron chi connectivity index (χ3n) is 1.92. The van der Waals surface area contributed by atoms with E-state index in [0.717, 1.165) is 12.8 Å². The number of nitrogens with one attached hydrogen (secondary N) is 1. The molecule has 15 heavy (non-hydrogen) atoms. The van der Waals surface area contributed by atoms with E-state index < -0.39 is 0 Å². The van der Waals surface area contributed by atoms with Crippen molar-refractivity contribution in [1.29, 1.82) is 0 Å². The molecule has 1 aromatic heterocycles. The van der Waals surface area contributed by atoms with Crippen molar-refractivity contribution >= 4 is 17.5 Å². The largest absolute Gasteiger partial charge is 0.352 e. The van der Waals surface area contributed by atoms with E-state index in [1.54, 1.807) is 18.3 Å². The number of carbonyl (C=O) groups is 1. The van der Waals surface area contributed by atoms with Crippen LogP contribution in [0.25, 0.3) is 0 Å². The topological polar surface area (TPSA) is 68.0 Å². The van der Waals surface area contributed by atoms with Crippen LogP contribution in [-0.4, -0.2) is 24.0 Å². The summed E-state index contributed by atoms with van der Waals surface area (Å²) in [7, 11) is 0. The van der Waals surface area contributed by atoms with E-state index in [4.69, 9.17) is 17.3 Å². The molecule has 0 atom stereocenters. The molecule has 5 heteroatoms. The maximum atomic E-state index is 11.6. The van der Waals surface area contributed by atoms with Crippen LogP contribution in [-0.2, 0) is 0 Å². The molecule has 1 amide bonds. The lowest BCUT2D eigenvalue weighted by Crippen LogP contribution is -2.25. The molecule has 1 aromatic rings. The number of hydrogen-bond donors (Lipinski definition) is 2. The molecule has 1 heterocycles. The first-order chi connectivity index (χ1) is 7.25. The molecule has 0 unspecified atom stereocenters. The Morgan fingerprint density at radius 1 is 1.53 bits per heavy atom. The van der Waals surface area contributed by atoms with Crippen LogP contribution in [0.5, 0.6) is 0 Å². The van der Waals surface area contributed by atoms with E-state index in [-0.39, 0.29) is 11.1 Å². The molecule has 0 saturated carbocycles. The van der Waals surface area contributed by atoms with Gasteiger partial charge < -0.3 is 11.1 Å². The van der Waals surface area contributed by atoms with E-state index in [2.05, 4.69) is 10.3 Å². The van der Waals surface area contributed by atoms with Crippen molar-refractivity contribution in [2.24, 2.45) is 5.73 Å². The number of nitrogens with two attached hydrogens (primary N) is 1. The highest BCUT2D eigenvalue weighted by atomic mass is 35.5. The summed E-state index contributed by atoms with van der Waals surface area (Å²) >= 11 is 5.77. The third kappa shape index (κ3) is 3.85. The highest BCUT2D eigenvalue weighted by Crippen LogP contribution is 2.10. The van der Waals surface area contributed by atoms with E-state index in [9.17, 15) is 4.79 Å². The van der Waals surface area contributed by atoms with Crippen molar-refractivity contribution in [3.63, 3.8) is 0 Å². The van der Waals surface area contributed by atoms with Crippen molar-refractivity contribution in [3.05, 3.63) is 29.0 Å². The van der Waals surface area contributed by atoms with Gasteiger partial charge in [-0.3, -0.25) is 4.79 Å². The van der Waals surface area contributed by atoms with E-state index in [1.807, 2.05) is 0 Å². The lowest BCUT2D eigenvalue weighted by Gasteiger charge is -2.05. The second-order valence-electron chi connectivity index (χ2n) is 3.09. The average Bonchev–Trinajstić information content (AvgIpc) is 2.25. The minimum atomic E-state index is -0.190. The Labute approximate surface area is 93.8 Å². The summed E-state index contributed by atoms with van der Waals surface area (Å²) in [5, 5.41) is 2.99. The monoisotopic (exact) mass is 227 g/mol. The molecule has 0 aliphatic rings. The fraction of sp³-hybridized carbons (Fsp3) is 0.400. The molecule has 0 spiro atoms. The summed E-state index contributed by atoms with van der Waals surface area (Å²) in [5.41, 5.74) is 5.75. The number of unbranched alkanes of at least 4 members (excludes halogenated alkanes) is 1. The van der Waals surface area contributed by atoms with Gasteiger partial charge in [-0.25, -0.2) is 4.98 Å². The zero-order valence-electron chi connectivity index (χ0n) is 8.37. The van der Waals surface area contributed by atoms with Crippen LogP contribution >= 0.6 is 11.6 Å². The molecule has 0 aliphatic carbocycles. The van der Waals surface area contributed by atoms with Gasteiger partial charge in [-0.2, -0.15) is 0 Å². The third-order valence-corrected chi connectivity index (χ3v) is 2.22. The number of halogens is 1. The van der Waals surface area contributed by atoms with Crippen LogP contribution in [0, 0.1) is 0 Å². The van der Waals surface area contributed by atoms with Gasteiger partial charge in [0.15, 0.2) is 0 Å². The van der Waals surface area contributed by atoms with Crippen LogP contribution in [0.4, 0.5) is 0 Å². The Morgan fingerprint density at radius 2 is 2.33 bits per heavy atom. The molecule has 0 radical (unpaired) electrons. The quantitative estimate of drug-likeness (QED) is 0.587. The maximum Gasteiger partial charge on any atom is 0.254 e. The van der Waals surface area contributed by atoms with Gasteiger partial charge in [-0.15, -0.1) is 0 Å². The Bertz CT molecular complexity index is 330. The molecule has 1 rings (SSSR count). The molecule has 3 N–H and O–H groups in total. The normalized spacial score (nSPS) is 10.0. The van der Waals surface area contributed by atoms with Gasteiger partial charge in [-0.05, 0) is 31.5 Å². The standard InChI is InChI=1S/C10H14ClN3O/c11-9-8(4-3-7-13-9)10(15)14-6-2-1-5-12/h3-4,7H,1-2,5-6,12H2,(H,14,15). The van der Waals surface area contributed by atoms with Gasteiger partial charge in [0.05, 0.1) is 5.56 Å². The second-order valence-corrected chi connectivity index (χ2v) is 3.45. The summed E-state index contributed by atoms with van der Waals surface area (Å²) in [6.45, 7) is 1.25. The summed E-state index contributed by atoms with van der Waals surface area (Å²) < 4.78 is 0. The first-order valence-electron chi connectivity index (χ1n) is 4.84. The van der Waals surface area contributed by atoms with Crippen LogP contribution < -0.4 is 11.1 Å². The molecular formula is C10H14ClN3O. The summed E-state index contributed by atoms with van der Waals surface area (Å²) in [6.07, 6.45) is 3.33. The van der Waals surface area contributed by atoms with Crippen LogP contribution in [0.2, 0.25) is 5.15 Å². The van der Waals surface area contributed by atoms with Gasteiger partial charge >= 0.3 is 0 Å². The molecule has 82 valence electrons. The number of aromatic nitrogens is 1. The summed E-state index contributed by atoms with van der Waals surface area (Å²) in [4.78, 5) is 15.4. The van der Waals surface area contributed by atoms with Crippen LogP contribution in [0.1, 0.15) is 23.2 Å². The summed E-state index contributed by atoms with van der Waals surface area (Å²) in [6, 6.07) is 3.33. The Kier molecular flexibility index (Phi) is 5.07. The smallest absolute Gasteiger partial charge is 0.254 e. The van der Waals surface area contributed by atoms with Gasteiger partial charge in [0.2, 0.25) is 0 Å². The predicted molar refractivity (Wildman–Crippen MR) is 59.9 cm³/mol. The molecule has 0 aromatic carbocycles. The Balaban J connectivity index is 2.44. The van der Waals surface area contributed by atoms with Crippen LogP contribution in [0.3, 0.4) is 0 Å². The number of carbonyl (C=O) groups excluding carboxylic acids is 1. The zero-order chi connectivity index (χ0) is 11.1. The van der Waals surface area contributed by atoms with Gasteiger partial charge in [0.1, 0.15) is 5.15 Å². The number of pyridine rings is 1. The van der Waals surface area contributed by atoms with Crippen molar-refractivity contribution < 1.29 is 4.79 Å². The van der Waals surface area contributed by atoms with Gasteiger partial charge in [0, 0.05) is 12.7 Å². The minimum Gasteiger partial charge on any atom is -0.352 e.